The number of non-ortho nitro benzene ring substituents is 1. The van der Waals surface area contributed by atoms with Crippen molar-refractivity contribution in [2.45, 2.75) is 13.5 Å². The summed E-state index contributed by atoms with van der Waals surface area (Å²) in [5.74, 6) is 0. The highest BCUT2D eigenvalue weighted by Crippen LogP contribution is 2.34. The summed E-state index contributed by atoms with van der Waals surface area (Å²) in [6.45, 7) is 3.15. The molecule has 1 heterocycles. The zero-order chi connectivity index (χ0) is 14.7. The van der Waals surface area contributed by atoms with Crippen molar-refractivity contribution in [3.63, 3.8) is 0 Å². The number of halogens is 2. The minimum atomic E-state index is -0.534. The minimum absolute atomic E-state index is 0.131. The molecule has 0 spiro atoms. The highest BCUT2D eigenvalue weighted by Gasteiger charge is 2.14. The van der Waals surface area contributed by atoms with E-state index in [4.69, 9.17) is 23.2 Å². The van der Waals surface area contributed by atoms with Gasteiger partial charge in [0, 0.05) is 24.9 Å². The Labute approximate surface area is 125 Å². The standard InChI is InChI=1S/C12H12Cl2N4O2/c1-8-6-16-17(7-8)3-2-15-12-10(13)4-9(18(19)20)5-11(12)14/h4-7,15H,2-3H2,1H3. The predicted molar refractivity (Wildman–Crippen MR) is 78.6 cm³/mol. The van der Waals surface area contributed by atoms with Crippen molar-refractivity contribution in [3.05, 3.63) is 50.2 Å². The summed E-state index contributed by atoms with van der Waals surface area (Å²) in [5.41, 5.74) is 1.44. The molecule has 106 valence electrons. The number of benzene rings is 1. The lowest BCUT2D eigenvalue weighted by Gasteiger charge is -2.10. The van der Waals surface area contributed by atoms with Crippen molar-refractivity contribution in [2.75, 3.05) is 11.9 Å². The summed E-state index contributed by atoms with van der Waals surface area (Å²) in [6.07, 6.45) is 3.69. The van der Waals surface area contributed by atoms with Crippen LogP contribution in [0.3, 0.4) is 0 Å². The lowest BCUT2D eigenvalue weighted by molar-refractivity contribution is -0.384. The summed E-state index contributed by atoms with van der Waals surface area (Å²) in [6, 6.07) is 2.54. The number of anilines is 1. The van der Waals surface area contributed by atoms with Crippen LogP contribution >= 0.6 is 23.2 Å². The molecule has 1 N–H and O–H groups in total. The van der Waals surface area contributed by atoms with Gasteiger partial charge in [-0.1, -0.05) is 23.2 Å². The molecule has 0 bridgehead atoms. The van der Waals surface area contributed by atoms with Crippen molar-refractivity contribution >= 4 is 34.6 Å². The lowest BCUT2D eigenvalue weighted by Crippen LogP contribution is -2.11. The van der Waals surface area contributed by atoms with Gasteiger partial charge >= 0.3 is 0 Å². The maximum atomic E-state index is 10.7. The van der Waals surface area contributed by atoms with E-state index in [-0.39, 0.29) is 15.7 Å². The van der Waals surface area contributed by atoms with E-state index in [0.29, 0.717) is 18.8 Å². The number of nitro groups is 1. The first-order valence-electron chi connectivity index (χ1n) is 5.83. The van der Waals surface area contributed by atoms with Crippen LogP contribution in [0.25, 0.3) is 0 Å². The summed E-state index contributed by atoms with van der Waals surface area (Å²) >= 11 is 12.0. The second-order valence-corrected chi connectivity index (χ2v) is 5.06. The van der Waals surface area contributed by atoms with Crippen molar-refractivity contribution in [2.24, 2.45) is 0 Å². The molecule has 0 aliphatic carbocycles. The molecule has 2 rings (SSSR count). The quantitative estimate of drug-likeness (QED) is 0.677. The fraction of sp³-hybridized carbons (Fsp3) is 0.250. The van der Waals surface area contributed by atoms with Crippen LogP contribution < -0.4 is 5.32 Å². The van der Waals surface area contributed by atoms with Crippen molar-refractivity contribution in [1.29, 1.82) is 0 Å². The number of rotatable bonds is 5. The Balaban J connectivity index is 2.04. The summed E-state index contributed by atoms with van der Waals surface area (Å²) in [7, 11) is 0. The molecule has 1 aromatic heterocycles. The van der Waals surface area contributed by atoms with Crippen LogP contribution in [0.4, 0.5) is 11.4 Å². The fourth-order valence-electron chi connectivity index (χ4n) is 1.72. The number of hydrogen-bond donors (Lipinski definition) is 1. The molecule has 2 aromatic rings. The second-order valence-electron chi connectivity index (χ2n) is 4.25. The largest absolute Gasteiger partial charge is 0.381 e. The monoisotopic (exact) mass is 314 g/mol. The minimum Gasteiger partial charge on any atom is -0.381 e. The molecule has 0 fully saturated rings. The Morgan fingerprint density at radius 1 is 1.40 bits per heavy atom. The molecule has 0 aliphatic heterocycles. The van der Waals surface area contributed by atoms with Gasteiger partial charge in [0.2, 0.25) is 0 Å². The molecule has 0 radical (unpaired) electrons. The van der Waals surface area contributed by atoms with Crippen LogP contribution in [-0.2, 0) is 6.54 Å². The fourth-order valence-corrected chi connectivity index (χ4v) is 2.33. The third-order valence-corrected chi connectivity index (χ3v) is 3.24. The van der Waals surface area contributed by atoms with Gasteiger partial charge in [0.05, 0.1) is 33.4 Å². The Hall–Kier alpha value is -1.79. The molecule has 0 atom stereocenters. The first-order chi connectivity index (χ1) is 9.47. The number of aryl methyl sites for hydroxylation is 1. The number of nitrogens with zero attached hydrogens (tertiary/aromatic N) is 3. The van der Waals surface area contributed by atoms with E-state index in [1.807, 2.05) is 13.1 Å². The van der Waals surface area contributed by atoms with Gasteiger partial charge in [0.25, 0.3) is 5.69 Å². The molecule has 0 saturated heterocycles. The van der Waals surface area contributed by atoms with E-state index >= 15 is 0 Å². The Morgan fingerprint density at radius 2 is 2.05 bits per heavy atom. The maximum absolute atomic E-state index is 10.7. The summed E-state index contributed by atoms with van der Waals surface area (Å²) < 4.78 is 1.79. The highest BCUT2D eigenvalue weighted by molar-refractivity contribution is 6.39. The smallest absolute Gasteiger partial charge is 0.272 e. The topological polar surface area (TPSA) is 73.0 Å². The Kier molecular flexibility index (Phi) is 4.46. The lowest BCUT2D eigenvalue weighted by atomic mass is 10.2. The van der Waals surface area contributed by atoms with Gasteiger partial charge in [-0.2, -0.15) is 5.10 Å². The van der Waals surface area contributed by atoms with E-state index in [1.54, 1.807) is 10.9 Å². The average Bonchev–Trinajstić information content (AvgIpc) is 2.78. The van der Waals surface area contributed by atoms with Crippen LogP contribution in [0.15, 0.2) is 24.5 Å². The number of aromatic nitrogens is 2. The predicted octanol–water partition coefficient (Wildman–Crippen LogP) is 3.52. The molecule has 0 unspecified atom stereocenters. The molecular weight excluding hydrogens is 303 g/mol. The van der Waals surface area contributed by atoms with Crippen LogP contribution in [0.2, 0.25) is 10.0 Å². The zero-order valence-corrected chi connectivity index (χ0v) is 12.1. The van der Waals surface area contributed by atoms with E-state index in [2.05, 4.69) is 10.4 Å². The molecule has 1 aromatic carbocycles. The van der Waals surface area contributed by atoms with Gasteiger partial charge in [0.15, 0.2) is 0 Å². The second kappa shape index (κ2) is 6.11. The van der Waals surface area contributed by atoms with Gasteiger partial charge in [0.1, 0.15) is 0 Å². The zero-order valence-electron chi connectivity index (χ0n) is 10.6. The first-order valence-corrected chi connectivity index (χ1v) is 6.59. The highest BCUT2D eigenvalue weighted by atomic mass is 35.5. The van der Waals surface area contributed by atoms with Gasteiger partial charge in [-0.3, -0.25) is 14.8 Å². The van der Waals surface area contributed by atoms with Crippen LogP contribution in [0, 0.1) is 17.0 Å². The van der Waals surface area contributed by atoms with E-state index in [0.717, 1.165) is 5.56 Å². The van der Waals surface area contributed by atoms with Gasteiger partial charge < -0.3 is 5.32 Å². The number of hydrogen-bond acceptors (Lipinski definition) is 4. The third kappa shape index (κ3) is 3.40. The van der Waals surface area contributed by atoms with Crippen molar-refractivity contribution in [3.8, 4) is 0 Å². The molecule has 0 amide bonds. The normalized spacial score (nSPS) is 10.6. The van der Waals surface area contributed by atoms with Crippen LogP contribution in [0.5, 0.6) is 0 Å². The SMILES string of the molecule is Cc1cnn(CCNc2c(Cl)cc([N+](=O)[O-])cc2Cl)c1. The van der Waals surface area contributed by atoms with Gasteiger partial charge in [-0.05, 0) is 12.5 Å². The van der Waals surface area contributed by atoms with Crippen LogP contribution in [0.1, 0.15) is 5.56 Å². The maximum Gasteiger partial charge on any atom is 0.272 e. The molecular formula is C12H12Cl2N4O2. The number of nitrogens with one attached hydrogen (secondary N) is 1. The molecule has 20 heavy (non-hydrogen) atoms. The van der Waals surface area contributed by atoms with E-state index < -0.39 is 4.92 Å². The molecule has 0 aliphatic rings. The summed E-state index contributed by atoms with van der Waals surface area (Å²) in [5, 5.41) is 18.3. The third-order valence-electron chi connectivity index (χ3n) is 2.64. The Morgan fingerprint density at radius 3 is 2.55 bits per heavy atom. The molecule has 6 nitrogen and oxygen atoms in total. The van der Waals surface area contributed by atoms with E-state index in [9.17, 15) is 10.1 Å². The van der Waals surface area contributed by atoms with Gasteiger partial charge in [-0.15, -0.1) is 0 Å². The Bertz CT molecular complexity index is 619. The van der Waals surface area contributed by atoms with Crippen molar-refractivity contribution in [1.82, 2.24) is 9.78 Å². The number of nitro benzene ring substituents is 1. The van der Waals surface area contributed by atoms with Crippen molar-refractivity contribution < 1.29 is 4.92 Å². The van der Waals surface area contributed by atoms with Gasteiger partial charge in [-0.25, -0.2) is 0 Å². The van der Waals surface area contributed by atoms with Crippen LogP contribution in [-0.4, -0.2) is 21.2 Å². The first kappa shape index (κ1) is 14.6. The molecule has 0 saturated carbocycles. The average molecular weight is 315 g/mol. The molecule has 8 heteroatoms. The van der Waals surface area contributed by atoms with E-state index in [1.165, 1.54) is 12.1 Å². The summed E-state index contributed by atoms with van der Waals surface area (Å²) in [4.78, 5) is 10.1.